The number of fused-ring (bicyclic) bond motifs is 1. The third kappa shape index (κ3) is 4.33. The van der Waals surface area contributed by atoms with Gasteiger partial charge in [0.25, 0.3) is 0 Å². The van der Waals surface area contributed by atoms with Crippen LogP contribution in [0.2, 0.25) is 0 Å². The number of hydrogen-bond acceptors (Lipinski definition) is 5. The maximum absolute atomic E-state index is 13.6. The van der Waals surface area contributed by atoms with Crippen molar-refractivity contribution in [1.29, 1.82) is 0 Å². The molecule has 0 saturated heterocycles. The van der Waals surface area contributed by atoms with E-state index in [1.165, 1.54) is 6.20 Å². The van der Waals surface area contributed by atoms with Crippen LogP contribution < -0.4 is 0 Å². The molecule has 10 heteroatoms. The molecule has 2 aliphatic rings. The van der Waals surface area contributed by atoms with Gasteiger partial charge in [0, 0.05) is 32.3 Å². The minimum Gasteiger partial charge on any atom is -0.478 e. The molecule has 0 amide bonds. The van der Waals surface area contributed by atoms with Gasteiger partial charge < -0.3 is 5.11 Å². The van der Waals surface area contributed by atoms with E-state index in [1.807, 2.05) is 55.8 Å². The van der Waals surface area contributed by atoms with Gasteiger partial charge in [-0.2, -0.15) is 14.5 Å². The summed E-state index contributed by atoms with van der Waals surface area (Å²) in [7, 11) is -1.79. The Hall–Kier alpha value is -3.76. The summed E-state index contributed by atoms with van der Waals surface area (Å²) in [5.74, 6) is -0.640. The van der Waals surface area contributed by atoms with Crippen LogP contribution in [0.5, 0.6) is 0 Å². The highest BCUT2D eigenvalue weighted by atomic mass is 32.2. The third-order valence-electron chi connectivity index (χ3n) is 7.52. The minimum atomic E-state index is -3.66. The second-order valence-electron chi connectivity index (χ2n) is 10.4. The summed E-state index contributed by atoms with van der Waals surface area (Å²) < 4.78 is 32.1. The number of sulfonamides is 1. The fourth-order valence-electron chi connectivity index (χ4n) is 5.67. The third-order valence-corrected chi connectivity index (χ3v) is 9.43. The SMILES string of the molecule is C[C@H]1Cc2ccccc2S(=O)(=O)N(Cc2cccc(-n3ncc(C(=O)O)c3[C@@H]3C[C@H]3c3cnn(C)c3)c2)C1. The monoisotopic (exact) mass is 531 g/mol. The Labute approximate surface area is 221 Å². The van der Waals surface area contributed by atoms with E-state index in [2.05, 4.69) is 17.1 Å². The van der Waals surface area contributed by atoms with Crippen molar-refractivity contribution in [2.45, 2.75) is 43.0 Å². The van der Waals surface area contributed by atoms with Gasteiger partial charge in [-0.25, -0.2) is 17.9 Å². The number of aromatic carboxylic acids is 1. The average molecular weight is 532 g/mol. The van der Waals surface area contributed by atoms with Gasteiger partial charge in [-0.3, -0.25) is 4.68 Å². The molecule has 2 aromatic carbocycles. The summed E-state index contributed by atoms with van der Waals surface area (Å²) in [6, 6.07) is 14.8. The van der Waals surface area contributed by atoms with Crippen LogP contribution in [0.25, 0.3) is 5.69 Å². The fraction of sp³-hybridized carbons (Fsp3) is 0.321. The largest absolute Gasteiger partial charge is 0.478 e. The molecule has 1 aliphatic carbocycles. The van der Waals surface area contributed by atoms with Crippen LogP contribution in [-0.2, 0) is 30.0 Å². The molecule has 1 aliphatic heterocycles. The Kier molecular flexibility index (Phi) is 5.96. The number of aryl methyl sites for hydroxylation is 1. The maximum Gasteiger partial charge on any atom is 0.339 e. The molecule has 0 spiro atoms. The van der Waals surface area contributed by atoms with Gasteiger partial charge >= 0.3 is 5.97 Å². The maximum atomic E-state index is 13.6. The van der Waals surface area contributed by atoms with Crippen LogP contribution in [0.1, 0.15) is 57.9 Å². The molecule has 0 unspecified atom stereocenters. The molecule has 1 fully saturated rings. The van der Waals surface area contributed by atoms with Crippen LogP contribution in [0.15, 0.2) is 72.0 Å². The zero-order chi connectivity index (χ0) is 26.6. The number of rotatable bonds is 6. The summed E-state index contributed by atoms with van der Waals surface area (Å²) in [5.41, 5.74) is 4.31. The first kappa shape index (κ1) is 24.6. The molecule has 3 heterocycles. The zero-order valence-corrected chi connectivity index (χ0v) is 22.0. The molecule has 196 valence electrons. The van der Waals surface area contributed by atoms with E-state index < -0.39 is 16.0 Å². The molecule has 6 rings (SSSR count). The Bertz CT molecular complexity index is 1640. The van der Waals surface area contributed by atoms with E-state index in [9.17, 15) is 18.3 Å². The van der Waals surface area contributed by atoms with Gasteiger partial charge in [-0.1, -0.05) is 37.3 Å². The molecule has 1 saturated carbocycles. The van der Waals surface area contributed by atoms with Gasteiger partial charge in [0.05, 0.1) is 28.7 Å². The normalized spacial score (nSPS) is 22.5. The van der Waals surface area contributed by atoms with Crippen molar-refractivity contribution in [3.8, 4) is 5.69 Å². The Balaban J connectivity index is 1.33. The standard InChI is InChI=1S/C28H29N5O4S/c1-18-10-20-7-3-4-9-26(20)38(36,37)32(15-18)16-19-6-5-8-22(11-19)33-27(25(14-30-33)28(34)35)24-12-23(24)21-13-29-31(2)17-21/h3-9,11,13-14,17-18,23-24H,10,12,15-16H2,1-2H3,(H,34,35)/t18-,23-,24+/m0/s1. The number of carboxylic acids is 1. The lowest BCUT2D eigenvalue weighted by Gasteiger charge is -2.22. The molecular formula is C28H29N5O4S. The van der Waals surface area contributed by atoms with Gasteiger partial charge in [0.2, 0.25) is 10.0 Å². The van der Waals surface area contributed by atoms with E-state index >= 15 is 0 Å². The fourth-order valence-corrected chi connectivity index (χ4v) is 7.45. The Morgan fingerprint density at radius 2 is 1.89 bits per heavy atom. The molecule has 4 aromatic rings. The van der Waals surface area contributed by atoms with Gasteiger partial charge in [0.15, 0.2) is 0 Å². The average Bonchev–Trinajstić information content (AvgIpc) is 3.35. The van der Waals surface area contributed by atoms with Gasteiger partial charge in [-0.05, 0) is 59.6 Å². The number of carboxylic acid groups (broad SMARTS) is 1. The molecule has 9 nitrogen and oxygen atoms in total. The van der Waals surface area contributed by atoms with Crippen LogP contribution in [-0.4, -0.2) is 49.9 Å². The predicted octanol–water partition coefficient (Wildman–Crippen LogP) is 3.96. The first-order chi connectivity index (χ1) is 18.2. The summed E-state index contributed by atoms with van der Waals surface area (Å²) in [4.78, 5) is 12.4. The van der Waals surface area contributed by atoms with E-state index in [1.54, 1.807) is 25.8 Å². The summed E-state index contributed by atoms with van der Waals surface area (Å²) in [6.45, 7) is 2.71. The topological polar surface area (TPSA) is 110 Å². The lowest BCUT2D eigenvalue weighted by molar-refractivity contribution is 0.0695. The van der Waals surface area contributed by atoms with E-state index in [-0.39, 0.29) is 29.9 Å². The van der Waals surface area contributed by atoms with E-state index in [0.29, 0.717) is 29.2 Å². The first-order valence-electron chi connectivity index (χ1n) is 12.7. The molecule has 3 atom stereocenters. The number of nitrogens with zero attached hydrogens (tertiary/aromatic N) is 5. The van der Waals surface area contributed by atoms with Crippen LogP contribution in [0, 0.1) is 5.92 Å². The van der Waals surface area contributed by atoms with Gasteiger partial charge in [0.1, 0.15) is 5.56 Å². The van der Waals surface area contributed by atoms with Crippen molar-refractivity contribution in [2.75, 3.05) is 6.54 Å². The van der Waals surface area contributed by atoms with Gasteiger partial charge in [-0.15, -0.1) is 0 Å². The van der Waals surface area contributed by atoms with E-state index in [0.717, 1.165) is 23.1 Å². The quantitative estimate of drug-likeness (QED) is 0.403. The molecule has 0 radical (unpaired) electrons. The lowest BCUT2D eigenvalue weighted by Crippen LogP contribution is -2.32. The Morgan fingerprint density at radius 1 is 1.08 bits per heavy atom. The van der Waals surface area contributed by atoms with Crippen LogP contribution in [0.4, 0.5) is 0 Å². The second kappa shape index (κ2) is 9.21. The summed E-state index contributed by atoms with van der Waals surface area (Å²) >= 11 is 0. The number of benzene rings is 2. The van der Waals surface area contributed by atoms with Crippen molar-refractivity contribution in [3.63, 3.8) is 0 Å². The summed E-state index contributed by atoms with van der Waals surface area (Å²) in [5, 5.41) is 18.6. The molecular weight excluding hydrogens is 502 g/mol. The predicted molar refractivity (Wildman–Crippen MR) is 141 cm³/mol. The highest BCUT2D eigenvalue weighted by molar-refractivity contribution is 7.89. The van der Waals surface area contributed by atoms with Crippen molar-refractivity contribution in [3.05, 3.63) is 95.1 Å². The Morgan fingerprint density at radius 3 is 2.66 bits per heavy atom. The van der Waals surface area contributed by atoms with Crippen molar-refractivity contribution in [2.24, 2.45) is 13.0 Å². The zero-order valence-electron chi connectivity index (χ0n) is 21.2. The number of carbonyl (C=O) groups is 1. The summed E-state index contributed by atoms with van der Waals surface area (Å²) in [6.07, 6.45) is 6.72. The lowest BCUT2D eigenvalue weighted by atomic mass is 10.0. The van der Waals surface area contributed by atoms with E-state index in [4.69, 9.17) is 0 Å². The first-order valence-corrected chi connectivity index (χ1v) is 14.1. The van der Waals surface area contributed by atoms with Crippen molar-refractivity contribution >= 4 is 16.0 Å². The smallest absolute Gasteiger partial charge is 0.339 e. The molecule has 2 aromatic heterocycles. The highest BCUT2D eigenvalue weighted by Crippen LogP contribution is 2.55. The van der Waals surface area contributed by atoms with Crippen molar-refractivity contribution in [1.82, 2.24) is 23.9 Å². The number of hydrogen-bond donors (Lipinski definition) is 1. The van der Waals surface area contributed by atoms with Crippen LogP contribution >= 0.6 is 0 Å². The molecule has 1 N–H and O–H groups in total. The second-order valence-corrected chi connectivity index (χ2v) is 12.3. The highest BCUT2D eigenvalue weighted by Gasteiger charge is 2.45. The van der Waals surface area contributed by atoms with Crippen molar-refractivity contribution < 1.29 is 18.3 Å². The molecule has 38 heavy (non-hydrogen) atoms. The van der Waals surface area contributed by atoms with Crippen LogP contribution in [0.3, 0.4) is 0 Å². The molecule has 0 bridgehead atoms. The number of aromatic nitrogens is 4. The minimum absolute atomic E-state index is 0.0137.